The summed E-state index contributed by atoms with van der Waals surface area (Å²) in [5.74, 6) is -1.91. The Morgan fingerprint density at radius 1 is 1.09 bits per heavy atom. The molecule has 1 aliphatic carbocycles. The lowest BCUT2D eigenvalue weighted by Gasteiger charge is -2.09. The zero-order valence-electron chi connectivity index (χ0n) is 17.1. The molecule has 0 fully saturated rings. The summed E-state index contributed by atoms with van der Waals surface area (Å²) in [7, 11) is 0. The fourth-order valence-corrected chi connectivity index (χ4v) is 5.15. The second-order valence-corrected chi connectivity index (χ2v) is 8.72. The highest BCUT2D eigenvalue weighted by molar-refractivity contribution is 7.18. The molecule has 0 aliphatic heterocycles. The molecule has 10 heteroatoms. The van der Waals surface area contributed by atoms with Crippen LogP contribution in [-0.4, -0.2) is 38.0 Å². The van der Waals surface area contributed by atoms with E-state index in [-0.39, 0.29) is 22.4 Å². The first-order valence-electron chi connectivity index (χ1n) is 10.2. The zero-order chi connectivity index (χ0) is 23.1. The summed E-state index contributed by atoms with van der Waals surface area (Å²) in [6.45, 7) is 0. The minimum atomic E-state index is -1.24. The number of nitrogens with zero attached hydrogens (tertiary/aromatic N) is 3. The number of aryl methyl sites for hydroxylation is 2. The molecule has 0 saturated heterocycles. The first-order valence-corrected chi connectivity index (χ1v) is 11.0. The third-order valence-electron chi connectivity index (χ3n) is 5.51. The summed E-state index contributed by atoms with van der Waals surface area (Å²) in [6.07, 6.45) is 6.75. The standard InChI is InChI=1S/C23H17N3O6S/c27-21-19-16-3-1-2-4-18(16)33-20(19)24-11-26(21)25-10-15-5-6-17(32-15)12-7-13(22(28)29)9-14(8-12)23(30)31/h5-11H,1-4H2,(H,28,29)(H,30,31)/b25-10+. The molecule has 3 heterocycles. The van der Waals surface area contributed by atoms with Gasteiger partial charge in [-0.2, -0.15) is 9.78 Å². The van der Waals surface area contributed by atoms with Crippen molar-refractivity contribution in [3.05, 3.63) is 74.3 Å². The fourth-order valence-electron chi connectivity index (χ4n) is 3.93. The van der Waals surface area contributed by atoms with Gasteiger partial charge in [0.25, 0.3) is 5.56 Å². The molecule has 1 aromatic carbocycles. The van der Waals surface area contributed by atoms with Crippen LogP contribution in [0.15, 0.2) is 51.0 Å². The molecule has 2 N–H and O–H groups in total. The number of rotatable bonds is 5. The molecule has 1 aliphatic rings. The van der Waals surface area contributed by atoms with Crippen LogP contribution in [0, 0.1) is 0 Å². The molecular weight excluding hydrogens is 446 g/mol. The van der Waals surface area contributed by atoms with Gasteiger partial charge in [0.05, 0.1) is 22.7 Å². The maximum absolute atomic E-state index is 13.0. The number of carboxylic acid groups (broad SMARTS) is 2. The summed E-state index contributed by atoms with van der Waals surface area (Å²) in [5.41, 5.74) is 0.819. The molecule has 0 bridgehead atoms. The summed E-state index contributed by atoms with van der Waals surface area (Å²) >= 11 is 1.57. The van der Waals surface area contributed by atoms with Crippen LogP contribution in [-0.2, 0) is 12.8 Å². The van der Waals surface area contributed by atoms with Crippen molar-refractivity contribution in [3.8, 4) is 11.3 Å². The summed E-state index contributed by atoms with van der Waals surface area (Å²) in [5, 5.41) is 23.3. The maximum atomic E-state index is 13.0. The van der Waals surface area contributed by atoms with Crippen LogP contribution in [0.3, 0.4) is 0 Å². The Bertz CT molecular complexity index is 1480. The number of carboxylic acids is 2. The highest BCUT2D eigenvalue weighted by atomic mass is 32.1. The number of carbonyl (C=O) groups is 2. The minimum absolute atomic E-state index is 0.165. The van der Waals surface area contributed by atoms with Gasteiger partial charge in [0.2, 0.25) is 0 Å². The lowest BCUT2D eigenvalue weighted by molar-refractivity contribution is 0.0696. The Kier molecular flexibility index (Phi) is 5.14. The van der Waals surface area contributed by atoms with Gasteiger partial charge in [0.1, 0.15) is 22.7 Å². The van der Waals surface area contributed by atoms with Gasteiger partial charge in [0.15, 0.2) is 0 Å². The molecular formula is C23H17N3O6S. The molecule has 0 atom stereocenters. The van der Waals surface area contributed by atoms with Gasteiger partial charge in [-0.15, -0.1) is 11.3 Å². The van der Waals surface area contributed by atoms with E-state index in [0.29, 0.717) is 16.7 Å². The van der Waals surface area contributed by atoms with Crippen molar-refractivity contribution in [3.63, 3.8) is 0 Å². The Morgan fingerprint density at radius 2 is 1.82 bits per heavy atom. The predicted molar refractivity (Wildman–Crippen MR) is 122 cm³/mol. The SMILES string of the molecule is O=C(O)c1cc(C(=O)O)cc(-c2ccc(/C=N/n3cnc4sc5c(c4c3=O)CCCC5)o2)c1. The number of aromatic carboxylic acids is 2. The van der Waals surface area contributed by atoms with Crippen molar-refractivity contribution in [2.75, 3.05) is 0 Å². The van der Waals surface area contributed by atoms with Crippen LogP contribution >= 0.6 is 11.3 Å². The van der Waals surface area contributed by atoms with Crippen LogP contribution in [0.2, 0.25) is 0 Å². The third kappa shape index (κ3) is 3.85. The molecule has 9 nitrogen and oxygen atoms in total. The lowest BCUT2D eigenvalue weighted by Crippen LogP contribution is -2.17. The van der Waals surface area contributed by atoms with Crippen LogP contribution in [0.5, 0.6) is 0 Å². The van der Waals surface area contributed by atoms with Crippen molar-refractivity contribution in [2.45, 2.75) is 25.7 Å². The summed E-state index contributed by atoms with van der Waals surface area (Å²) in [6, 6.07) is 6.91. The Hall–Kier alpha value is -4.05. The molecule has 0 spiro atoms. The molecule has 0 radical (unpaired) electrons. The number of aromatic nitrogens is 2. The number of furan rings is 1. The third-order valence-corrected chi connectivity index (χ3v) is 6.71. The quantitative estimate of drug-likeness (QED) is 0.429. The Morgan fingerprint density at radius 3 is 2.55 bits per heavy atom. The lowest BCUT2D eigenvalue weighted by atomic mass is 9.97. The van der Waals surface area contributed by atoms with E-state index in [0.717, 1.165) is 42.1 Å². The monoisotopic (exact) mass is 463 g/mol. The molecule has 0 saturated carbocycles. The largest absolute Gasteiger partial charge is 0.478 e. The molecule has 0 unspecified atom stereocenters. The number of benzene rings is 1. The first kappa shape index (κ1) is 20.8. The average Bonchev–Trinajstić information content (AvgIpc) is 3.43. The second-order valence-electron chi connectivity index (χ2n) is 7.64. The summed E-state index contributed by atoms with van der Waals surface area (Å²) in [4.78, 5) is 42.0. The van der Waals surface area contributed by atoms with Crippen LogP contribution in [0.25, 0.3) is 21.5 Å². The minimum Gasteiger partial charge on any atom is -0.478 e. The van der Waals surface area contributed by atoms with E-state index in [4.69, 9.17) is 4.42 Å². The van der Waals surface area contributed by atoms with Crippen molar-refractivity contribution < 1.29 is 24.2 Å². The molecule has 0 amide bonds. The topological polar surface area (TPSA) is 135 Å². The van der Waals surface area contributed by atoms with Crippen molar-refractivity contribution in [1.82, 2.24) is 9.66 Å². The van der Waals surface area contributed by atoms with Crippen molar-refractivity contribution in [1.29, 1.82) is 0 Å². The van der Waals surface area contributed by atoms with Gasteiger partial charge >= 0.3 is 11.9 Å². The molecule has 166 valence electrons. The predicted octanol–water partition coefficient (Wildman–Crippen LogP) is 3.88. The van der Waals surface area contributed by atoms with Crippen LogP contribution in [0.4, 0.5) is 0 Å². The van der Waals surface area contributed by atoms with Crippen molar-refractivity contribution in [2.24, 2.45) is 5.10 Å². The number of hydrogen-bond acceptors (Lipinski definition) is 7. The molecule has 5 rings (SSSR count). The maximum Gasteiger partial charge on any atom is 0.335 e. The highest BCUT2D eigenvalue weighted by Crippen LogP contribution is 2.33. The van der Waals surface area contributed by atoms with Gasteiger partial charge in [-0.3, -0.25) is 4.79 Å². The number of thiophene rings is 1. The van der Waals surface area contributed by atoms with E-state index in [1.165, 1.54) is 34.2 Å². The highest BCUT2D eigenvalue weighted by Gasteiger charge is 2.20. The zero-order valence-corrected chi connectivity index (χ0v) is 18.0. The van der Waals surface area contributed by atoms with E-state index in [2.05, 4.69) is 10.1 Å². The second kappa shape index (κ2) is 8.14. The van der Waals surface area contributed by atoms with Crippen LogP contribution in [0.1, 0.15) is 49.8 Å². The number of hydrogen-bond donors (Lipinski definition) is 2. The first-order chi connectivity index (χ1) is 15.9. The smallest absolute Gasteiger partial charge is 0.335 e. The number of fused-ring (bicyclic) bond motifs is 3. The van der Waals surface area contributed by atoms with Gasteiger partial charge in [-0.25, -0.2) is 14.6 Å². The van der Waals surface area contributed by atoms with Gasteiger partial charge in [0, 0.05) is 10.4 Å². The van der Waals surface area contributed by atoms with Crippen molar-refractivity contribution >= 4 is 39.7 Å². The van der Waals surface area contributed by atoms with Gasteiger partial charge in [-0.1, -0.05) is 0 Å². The molecule has 33 heavy (non-hydrogen) atoms. The summed E-state index contributed by atoms with van der Waals surface area (Å²) < 4.78 is 6.86. The fraction of sp³-hybridized carbons (Fsp3) is 0.174. The van der Waals surface area contributed by atoms with Crippen LogP contribution < -0.4 is 5.56 Å². The molecule has 4 aromatic rings. The Balaban J connectivity index is 1.47. The molecule has 3 aromatic heterocycles. The van der Waals surface area contributed by atoms with E-state index in [9.17, 15) is 24.6 Å². The van der Waals surface area contributed by atoms with E-state index < -0.39 is 11.9 Å². The Labute approximate surface area is 190 Å². The van der Waals surface area contributed by atoms with E-state index in [1.54, 1.807) is 23.5 Å². The van der Waals surface area contributed by atoms with Gasteiger partial charge < -0.3 is 14.6 Å². The van der Waals surface area contributed by atoms with E-state index in [1.807, 2.05) is 0 Å². The average molecular weight is 463 g/mol. The van der Waals surface area contributed by atoms with Gasteiger partial charge in [-0.05, 0) is 61.6 Å². The normalized spacial score (nSPS) is 13.5. The van der Waals surface area contributed by atoms with E-state index >= 15 is 0 Å².